The minimum Gasteiger partial charge on any atom is -0.452 e. The molecule has 1 aromatic rings. The number of amides is 1. The molecular weight excluding hydrogens is 362 g/mol. The third-order valence-electron chi connectivity index (χ3n) is 5.00. The van der Waals surface area contributed by atoms with Gasteiger partial charge in [-0.25, -0.2) is 4.79 Å². The highest BCUT2D eigenvalue weighted by molar-refractivity contribution is 5.97. The summed E-state index contributed by atoms with van der Waals surface area (Å²) in [5.41, 5.74) is 0.558. The Morgan fingerprint density at radius 1 is 1.36 bits per heavy atom. The lowest BCUT2D eigenvalue weighted by molar-refractivity contribution is -0.384. The van der Waals surface area contributed by atoms with Crippen LogP contribution in [0, 0.1) is 16.0 Å². The van der Waals surface area contributed by atoms with Crippen molar-refractivity contribution in [2.75, 3.05) is 24.6 Å². The van der Waals surface area contributed by atoms with Crippen molar-refractivity contribution < 1.29 is 19.2 Å². The predicted molar refractivity (Wildman–Crippen MR) is 107 cm³/mol. The first-order chi connectivity index (χ1) is 13.3. The molecule has 0 aliphatic carbocycles. The molecule has 154 valence electrons. The summed E-state index contributed by atoms with van der Waals surface area (Å²) < 4.78 is 5.16. The number of non-ortho nitro benzene ring substituents is 1. The van der Waals surface area contributed by atoms with Gasteiger partial charge in [0.25, 0.3) is 11.6 Å². The number of nitrogens with zero attached hydrogens (tertiary/aromatic N) is 2. The van der Waals surface area contributed by atoms with Gasteiger partial charge < -0.3 is 15.0 Å². The van der Waals surface area contributed by atoms with Crippen molar-refractivity contribution in [2.45, 2.75) is 52.5 Å². The number of ether oxygens (including phenoxy) is 1. The fourth-order valence-corrected chi connectivity index (χ4v) is 3.36. The number of nitrogens with one attached hydrogen (secondary N) is 1. The Balaban J connectivity index is 2.12. The van der Waals surface area contributed by atoms with Gasteiger partial charge in [-0.05, 0) is 38.2 Å². The van der Waals surface area contributed by atoms with E-state index in [9.17, 15) is 19.7 Å². The molecule has 1 aromatic carbocycles. The second-order valence-electron chi connectivity index (χ2n) is 7.46. The summed E-state index contributed by atoms with van der Waals surface area (Å²) in [4.78, 5) is 37.2. The van der Waals surface area contributed by atoms with E-state index in [2.05, 4.69) is 12.2 Å². The van der Waals surface area contributed by atoms with Crippen molar-refractivity contribution >= 4 is 23.3 Å². The van der Waals surface area contributed by atoms with Gasteiger partial charge in [0.1, 0.15) is 0 Å². The van der Waals surface area contributed by atoms with Gasteiger partial charge in [-0.3, -0.25) is 14.9 Å². The van der Waals surface area contributed by atoms with E-state index in [0.29, 0.717) is 11.6 Å². The number of esters is 1. The number of nitro groups is 1. The molecule has 1 atom stereocenters. The minimum atomic E-state index is -0.726. The number of nitro benzene ring substituents is 1. The fourth-order valence-electron chi connectivity index (χ4n) is 3.36. The van der Waals surface area contributed by atoms with Crippen molar-refractivity contribution in [3.05, 3.63) is 33.9 Å². The van der Waals surface area contributed by atoms with Gasteiger partial charge in [-0.1, -0.05) is 20.3 Å². The van der Waals surface area contributed by atoms with Crippen molar-refractivity contribution in [2.24, 2.45) is 5.92 Å². The molecule has 28 heavy (non-hydrogen) atoms. The van der Waals surface area contributed by atoms with Crippen LogP contribution >= 0.6 is 0 Å². The van der Waals surface area contributed by atoms with Crippen molar-refractivity contribution in [1.29, 1.82) is 0 Å². The summed E-state index contributed by atoms with van der Waals surface area (Å²) in [7, 11) is 0. The van der Waals surface area contributed by atoms with Gasteiger partial charge in [0, 0.05) is 31.3 Å². The van der Waals surface area contributed by atoms with Gasteiger partial charge in [0.2, 0.25) is 0 Å². The van der Waals surface area contributed by atoms with E-state index in [1.807, 2.05) is 18.7 Å². The molecule has 0 radical (unpaired) electrons. The predicted octanol–water partition coefficient (Wildman–Crippen LogP) is 3.29. The molecule has 1 N–H and O–H groups in total. The quantitative estimate of drug-likeness (QED) is 0.414. The second kappa shape index (κ2) is 10.1. The summed E-state index contributed by atoms with van der Waals surface area (Å²) in [6, 6.07) is 4.21. The molecule has 1 aliphatic rings. The lowest BCUT2D eigenvalue weighted by Crippen LogP contribution is -2.36. The van der Waals surface area contributed by atoms with E-state index >= 15 is 0 Å². The zero-order chi connectivity index (χ0) is 20.7. The van der Waals surface area contributed by atoms with E-state index < -0.39 is 17.5 Å². The van der Waals surface area contributed by atoms with E-state index in [1.54, 1.807) is 6.07 Å². The lowest BCUT2D eigenvalue weighted by atomic mass is 9.98. The van der Waals surface area contributed by atoms with Crippen LogP contribution in [0.4, 0.5) is 11.4 Å². The monoisotopic (exact) mass is 391 g/mol. The van der Waals surface area contributed by atoms with Gasteiger partial charge in [-0.2, -0.15) is 0 Å². The second-order valence-corrected chi connectivity index (χ2v) is 7.46. The third-order valence-corrected chi connectivity index (χ3v) is 5.00. The Hall–Kier alpha value is -2.64. The first-order valence-electron chi connectivity index (χ1n) is 9.81. The largest absolute Gasteiger partial charge is 0.452 e. The Labute approximate surface area is 165 Å². The van der Waals surface area contributed by atoms with Gasteiger partial charge in [-0.15, -0.1) is 0 Å². The van der Waals surface area contributed by atoms with E-state index in [4.69, 9.17) is 4.74 Å². The first-order valence-corrected chi connectivity index (χ1v) is 9.81. The first kappa shape index (κ1) is 21.7. The maximum absolute atomic E-state index is 12.6. The van der Waals surface area contributed by atoms with Crippen molar-refractivity contribution in [1.82, 2.24) is 5.32 Å². The molecular formula is C20H29N3O5. The molecule has 0 spiro atoms. The molecule has 1 saturated heterocycles. The molecule has 1 aliphatic heterocycles. The number of hydrogen-bond acceptors (Lipinski definition) is 6. The summed E-state index contributed by atoms with van der Waals surface area (Å²) in [6.45, 7) is 7.22. The average molecular weight is 391 g/mol. The number of anilines is 1. The van der Waals surface area contributed by atoms with E-state index in [0.717, 1.165) is 38.8 Å². The topological polar surface area (TPSA) is 102 Å². The number of piperidine rings is 1. The Morgan fingerprint density at radius 3 is 2.64 bits per heavy atom. The molecule has 0 aromatic heterocycles. The minimum absolute atomic E-state index is 0.0000784. The normalized spacial score (nSPS) is 15.8. The summed E-state index contributed by atoms with van der Waals surface area (Å²) in [5, 5.41) is 13.9. The number of carbonyl (C=O) groups excluding carboxylic acids is 2. The van der Waals surface area contributed by atoms with Crippen LogP contribution in [-0.4, -0.2) is 42.5 Å². The Bertz CT molecular complexity index is 714. The van der Waals surface area contributed by atoms with E-state index in [-0.39, 0.29) is 23.2 Å². The molecule has 2 rings (SSSR count). The number of benzene rings is 1. The van der Waals surface area contributed by atoms with Crippen LogP contribution in [0.1, 0.15) is 56.8 Å². The zero-order valence-electron chi connectivity index (χ0n) is 16.8. The van der Waals surface area contributed by atoms with Crippen LogP contribution in [0.3, 0.4) is 0 Å². The Morgan fingerprint density at radius 2 is 2.04 bits per heavy atom. The summed E-state index contributed by atoms with van der Waals surface area (Å²) >= 11 is 0. The maximum atomic E-state index is 12.6. The molecule has 0 saturated carbocycles. The lowest BCUT2D eigenvalue weighted by Gasteiger charge is -2.33. The smallest absolute Gasteiger partial charge is 0.341 e. The fraction of sp³-hybridized carbons (Fsp3) is 0.600. The standard InChI is InChI=1S/C20H29N3O5/c1-4-5-15(3)21-19(24)13-28-20(25)17-12-16(23(26)27)6-7-18(17)22-10-8-14(2)9-11-22/h6-7,12,14-15H,4-5,8-11,13H2,1-3H3,(H,21,24)/t15-/m1/s1. The highest BCUT2D eigenvalue weighted by Crippen LogP contribution is 2.29. The van der Waals surface area contributed by atoms with Crippen LogP contribution < -0.4 is 10.2 Å². The number of carbonyl (C=O) groups is 2. The molecule has 8 nitrogen and oxygen atoms in total. The SMILES string of the molecule is CCC[C@@H](C)NC(=O)COC(=O)c1cc([N+](=O)[O-])ccc1N1CCC(C)CC1. The molecule has 1 fully saturated rings. The van der Waals surface area contributed by atoms with Crippen molar-refractivity contribution in [3.8, 4) is 0 Å². The average Bonchev–Trinajstić information content (AvgIpc) is 2.66. The summed E-state index contributed by atoms with van der Waals surface area (Å²) in [5.74, 6) is -0.498. The molecule has 0 bridgehead atoms. The number of hydrogen-bond donors (Lipinski definition) is 1. The summed E-state index contributed by atoms with van der Waals surface area (Å²) in [6.07, 6.45) is 3.75. The van der Waals surface area contributed by atoms with Gasteiger partial charge in [0.15, 0.2) is 6.61 Å². The van der Waals surface area contributed by atoms with Crippen molar-refractivity contribution in [3.63, 3.8) is 0 Å². The number of rotatable bonds is 8. The molecule has 8 heteroatoms. The van der Waals surface area contributed by atoms with Crippen LogP contribution in [-0.2, 0) is 9.53 Å². The van der Waals surface area contributed by atoms with Crippen LogP contribution in [0.25, 0.3) is 0 Å². The van der Waals surface area contributed by atoms with Crippen LogP contribution in [0.15, 0.2) is 18.2 Å². The highest BCUT2D eigenvalue weighted by atomic mass is 16.6. The molecule has 1 amide bonds. The Kier molecular flexibility index (Phi) is 7.78. The van der Waals surface area contributed by atoms with Gasteiger partial charge >= 0.3 is 5.97 Å². The molecule has 1 heterocycles. The zero-order valence-corrected chi connectivity index (χ0v) is 16.8. The highest BCUT2D eigenvalue weighted by Gasteiger charge is 2.24. The van der Waals surface area contributed by atoms with Crippen LogP contribution in [0.2, 0.25) is 0 Å². The van der Waals surface area contributed by atoms with Crippen LogP contribution in [0.5, 0.6) is 0 Å². The maximum Gasteiger partial charge on any atom is 0.341 e. The molecule has 0 unspecified atom stereocenters. The third kappa shape index (κ3) is 5.94. The van der Waals surface area contributed by atoms with Gasteiger partial charge in [0.05, 0.1) is 16.2 Å². The van der Waals surface area contributed by atoms with E-state index in [1.165, 1.54) is 12.1 Å².